The molecule has 0 spiro atoms. The zero-order valence-corrected chi connectivity index (χ0v) is 8.47. The highest BCUT2D eigenvalue weighted by atomic mass is 16.5. The van der Waals surface area contributed by atoms with Gasteiger partial charge in [-0.05, 0) is 6.07 Å². The normalized spacial score (nSPS) is 21.7. The fraction of sp³-hybridized carbons (Fsp3) is 0.500. The summed E-state index contributed by atoms with van der Waals surface area (Å²) in [6.45, 7) is 2.20. The van der Waals surface area contributed by atoms with Gasteiger partial charge in [-0.3, -0.25) is 0 Å². The van der Waals surface area contributed by atoms with E-state index in [1.54, 1.807) is 6.20 Å². The standard InChI is InChI=1S/C10H15N3O2/c11-10-5-8(1-2-12-10)13-3-4-15-9(6-13)7-14/h1-2,5,9,14H,3-4,6-7H2,(H2,11,12). The molecule has 0 bridgehead atoms. The molecule has 15 heavy (non-hydrogen) atoms. The number of nitrogen functional groups attached to an aromatic ring is 1. The average molecular weight is 209 g/mol. The van der Waals surface area contributed by atoms with Crippen molar-refractivity contribution in [3.63, 3.8) is 0 Å². The van der Waals surface area contributed by atoms with Crippen LogP contribution >= 0.6 is 0 Å². The van der Waals surface area contributed by atoms with Crippen molar-refractivity contribution in [3.8, 4) is 0 Å². The van der Waals surface area contributed by atoms with Crippen molar-refractivity contribution in [2.45, 2.75) is 6.10 Å². The second-order valence-electron chi connectivity index (χ2n) is 3.56. The number of aromatic nitrogens is 1. The minimum Gasteiger partial charge on any atom is -0.394 e. The summed E-state index contributed by atoms with van der Waals surface area (Å²) >= 11 is 0. The first-order valence-electron chi connectivity index (χ1n) is 4.98. The molecule has 1 unspecified atom stereocenters. The second kappa shape index (κ2) is 4.46. The van der Waals surface area contributed by atoms with Gasteiger partial charge in [0.15, 0.2) is 0 Å². The molecule has 2 rings (SSSR count). The molecule has 5 nitrogen and oxygen atoms in total. The zero-order valence-electron chi connectivity index (χ0n) is 8.47. The number of ether oxygens (including phenoxy) is 1. The fourth-order valence-corrected chi connectivity index (χ4v) is 1.70. The van der Waals surface area contributed by atoms with Crippen LogP contribution in [0, 0.1) is 0 Å². The maximum atomic E-state index is 9.02. The minimum absolute atomic E-state index is 0.0526. The van der Waals surface area contributed by atoms with E-state index in [1.165, 1.54) is 0 Å². The Hall–Kier alpha value is -1.33. The van der Waals surface area contributed by atoms with E-state index in [0.717, 1.165) is 12.2 Å². The third-order valence-electron chi connectivity index (χ3n) is 2.47. The number of morpholine rings is 1. The van der Waals surface area contributed by atoms with Crippen LogP contribution in [0.25, 0.3) is 0 Å². The Kier molecular flexibility index (Phi) is 3.03. The third kappa shape index (κ3) is 2.37. The molecule has 1 aliphatic heterocycles. The average Bonchev–Trinajstić information content (AvgIpc) is 2.29. The van der Waals surface area contributed by atoms with Crippen molar-refractivity contribution < 1.29 is 9.84 Å². The molecule has 0 aromatic carbocycles. The Morgan fingerprint density at radius 2 is 2.53 bits per heavy atom. The van der Waals surface area contributed by atoms with E-state index in [1.807, 2.05) is 12.1 Å². The molecule has 1 fully saturated rings. The molecule has 1 aromatic rings. The summed E-state index contributed by atoms with van der Waals surface area (Å²) in [7, 11) is 0. The molecule has 0 amide bonds. The van der Waals surface area contributed by atoms with Crippen LogP contribution in [0.3, 0.4) is 0 Å². The predicted molar refractivity (Wildman–Crippen MR) is 57.7 cm³/mol. The summed E-state index contributed by atoms with van der Waals surface area (Å²) in [6, 6.07) is 3.75. The summed E-state index contributed by atoms with van der Waals surface area (Å²) in [5.41, 5.74) is 6.65. The van der Waals surface area contributed by atoms with Gasteiger partial charge in [0.2, 0.25) is 0 Å². The molecular formula is C10H15N3O2. The van der Waals surface area contributed by atoms with Crippen LogP contribution < -0.4 is 10.6 Å². The van der Waals surface area contributed by atoms with E-state index in [4.69, 9.17) is 15.6 Å². The first-order chi connectivity index (χ1) is 7.29. The Morgan fingerprint density at radius 1 is 1.67 bits per heavy atom. The van der Waals surface area contributed by atoms with Crippen LogP contribution in [0.2, 0.25) is 0 Å². The third-order valence-corrected chi connectivity index (χ3v) is 2.47. The van der Waals surface area contributed by atoms with E-state index in [2.05, 4.69) is 9.88 Å². The molecule has 2 heterocycles. The van der Waals surface area contributed by atoms with E-state index in [0.29, 0.717) is 19.0 Å². The van der Waals surface area contributed by atoms with Crippen LogP contribution in [-0.4, -0.2) is 42.5 Å². The first-order valence-corrected chi connectivity index (χ1v) is 4.98. The van der Waals surface area contributed by atoms with Crippen LogP contribution in [0.5, 0.6) is 0 Å². The van der Waals surface area contributed by atoms with Crippen molar-refractivity contribution in [2.24, 2.45) is 0 Å². The van der Waals surface area contributed by atoms with Crippen LogP contribution in [-0.2, 0) is 4.74 Å². The Morgan fingerprint density at radius 3 is 3.27 bits per heavy atom. The number of nitrogens with two attached hydrogens (primary N) is 1. The lowest BCUT2D eigenvalue weighted by Gasteiger charge is -2.33. The summed E-state index contributed by atoms with van der Waals surface area (Å²) in [5.74, 6) is 0.513. The van der Waals surface area contributed by atoms with Gasteiger partial charge in [0.1, 0.15) is 5.82 Å². The summed E-state index contributed by atoms with van der Waals surface area (Å²) < 4.78 is 5.37. The van der Waals surface area contributed by atoms with E-state index >= 15 is 0 Å². The largest absolute Gasteiger partial charge is 0.394 e. The number of hydrogen-bond acceptors (Lipinski definition) is 5. The first kappa shape index (κ1) is 10.2. The molecule has 3 N–H and O–H groups in total. The zero-order chi connectivity index (χ0) is 10.7. The molecule has 1 saturated heterocycles. The highest BCUT2D eigenvalue weighted by Gasteiger charge is 2.19. The topological polar surface area (TPSA) is 71.6 Å². The molecule has 5 heteroatoms. The van der Waals surface area contributed by atoms with Crippen molar-refractivity contribution in [3.05, 3.63) is 18.3 Å². The Balaban J connectivity index is 2.09. The van der Waals surface area contributed by atoms with Crippen molar-refractivity contribution in [2.75, 3.05) is 36.9 Å². The molecule has 82 valence electrons. The minimum atomic E-state index is -0.104. The fourth-order valence-electron chi connectivity index (χ4n) is 1.70. The van der Waals surface area contributed by atoms with Gasteiger partial charge < -0.3 is 20.5 Å². The van der Waals surface area contributed by atoms with E-state index < -0.39 is 0 Å². The summed E-state index contributed by atoms with van der Waals surface area (Å²) in [6.07, 6.45) is 1.58. The predicted octanol–water partition coefficient (Wildman–Crippen LogP) is -0.139. The van der Waals surface area contributed by atoms with Crippen LogP contribution in [0.4, 0.5) is 11.5 Å². The summed E-state index contributed by atoms with van der Waals surface area (Å²) in [4.78, 5) is 6.09. The molecule has 0 saturated carbocycles. The number of nitrogens with zero attached hydrogens (tertiary/aromatic N) is 2. The molecule has 1 aliphatic rings. The summed E-state index contributed by atoms with van der Waals surface area (Å²) in [5, 5.41) is 9.02. The maximum absolute atomic E-state index is 9.02. The second-order valence-corrected chi connectivity index (χ2v) is 3.56. The smallest absolute Gasteiger partial charge is 0.125 e. The van der Waals surface area contributed by atoms with Crippen molar-refractivity contribution in [1.82, 2.24) is 4.98 Å². The van der Waals surface area contributed by atoms with Crippen LogP contribution in [0.1, 0.15) is 0 Å². The highest BCUT2D eigenvalue weighted by molar-refractivity contribution is 5.52. The monoisotopic (exact) mass is 209 g/mol. The quantitative estimate of drug-likeness (QED) is 0.709. The van der Waals surface area contributed by atoms with Crippen molar-refractivity contribution >= 4 is 11.5 Å². The van der Waals surface area contributed by atoms with Gasteiger partial charge >= 0.3 is 0 Å². The van der Waals surface area contributed by atoms with Gasteiger partial charge in [0.25, 0.3) is 0 Å². The van der Waals surface area contributed by atoms with Gasteiger partial charge in [-0.25, -0.2) is 4.98 Å². The number of pyridine rings is 1. The van der Waals surface area contributed by atoms with Crippen LogP contribution in [0.15, 0.2) is 18.3 Å². The molecular weight excluding hydrogens is 194 g/mol. The number of hydrogen-bond donors (Lipinski definition) is 2. The number of rotatable bonds is 2. The molecule has 0 aliphatic carbocycles. The van der Waals surface area contributed by atoms with E-state index in [-0.39, 0.29) is 12.7 Å². The number of aliphatic hydroxyl groups excluding tert-OH is 1. The number of aliphatic hydroxyl groups is 1. The maximum Gasteiger partial charge on any atom is 0.125 e. The van der Waals surface area contributed by atoms with E-state index in [9.17, 15) is 0 Å². The van der Waals surface area contributed by atoms with Gasteiger partial charge in [0, 0.05) is 31.0 Å². The highest BCUT2D eigenvalue weighted by Crippen LogP contribution is 2.18. The van der Waals surface area contributed by atoms with Gasteiger partial charge in [0.05, 0.1) is 19.3 Å². The van der Waals surface area contributed by atoms with Gasteiger partial charge in [-0.2, -0.15) is 0 Å². The SMILES string of the molecule is Nc1cc(N2CCOC(CO)C2)ccn1. The lowest BCUT2D eigenvalue weighted by Crippen LogP contribution is -2.44. The molecule has 1 atom stereocenters. The Bertz CT molecular complexity index is 332. The lowest BCUT2D eigenvalue weighted by atomic mass is 10.2. The van der Waals surface area contributed by atoms with Gasteiger partial charge in [-0.1, -0.05) is 0 Å². The van der Waals surface area contributed by atoms with Crippen molar-refractivity contribution in [1.29, 1.82) is 0 Å². The molecule has 1 aromatic heterocycles. The number of anilines is 2. The Labute approximate surface area is 88.5 Å². The molecule has 0 radical (unpaired) electrons. The van der Waals surface area contributed by atoms with Gasteiger partial charge in [-0.15, -0.1) is 0 Å². The lowest BCUT2D eigenvalue weighted by molar-refractivity contribution is 0.00357.